The molecule has 0 atom stereocenters. The lowest BCUT2D eigenvalue weighted by atomic mass is 9.91. The van der Waals surface area contributed by atoms with Crippen LogP contribution in [0.1, 0.15) is 27.7 Å². The Labute approximate surface area is 183 Å². The Balaban J connectivity index is 2.48. The molecule has 168 valence electrons. The van der Waals surface area contributed by atoms with Crippen molar-refractivity contribution in [2.24, 2.45) is 10.5 Å². The fourth-order valence-electron chi connectivity index (χ4n) is 2.49. The summed E-state index contributed by atoms with van der Waals surface area (Å²) >= 11 is 0. The molecule has 9 heteroatoms. The van der Waals surface area contributed by atoms with Crippen molar-refractivity contribution in [2.45, 2.75) is 32.6 Å². The molecule has 31 heavy (non-hydrogen) atoms. The minimum Gasteiger partial charge on any atom is -0.497 e. The minimum atomic E-state index is -4.07. The first kappa shape index (κ1) is 24.2. The zero-order chi connectivity index (χ0) is 23.2. The molecule has 0 aromatic heterocycles. The summed E-state index contributed by atoms with van der Waals surface area (Å²) in [6.45, 7) is 7.21. The van der Waals surface area contributed by atoms with Gasteiger partial charge in [0.2, 0.25) is 0 Å². The standard InChI is InChI=1S/C22H29N3O5S/c1-16(22(2,3)4)23-24-21(26)15-25(31(27,28)18-10-8-7-9-11-18)19-13-12-17(29-5)14-20(19)30-6/h7-14H,15H2,1-6H3,(H,24,26)/b23-16+. The Morgan fingerprint density at radius 2 is 1.71 bits per heavy atom. The van der Waals surface area contributed by atoms with Gasteiger partial charge in [-0.1, -0.05) is 39.0 Å². The predicted molar refractivity (Wildman–Crippen MR) is 121 cm³/mol. The first-order valence-corrected chi connectivity index (χ1v) is 11.1. The number of ether oxygens (including phenoxy) is 2. The van der Waals surface area contributed by atoms with E-state index in [1.54, 1.807) is 37.3 Å². The first-order valence-electron chi connectivity index (χ1n) is 9.64. The van der Waals surface area contributed by atoms with Crippen LogP contribution in [0.4, 0.5) is 5.69 Å². The Hall–Kier alpha value is -3.07. The molecule has 0 aliphatic heterocycles. The van der Waals surface area contributed by atoms with Crippen LogP contribution in [0.5, 0.6) is 11.5 Å². The fourth-order valence-corrected chi connectivity index (χ4v) is 3.94. The third kappa shape index (κ3) is 5.97. The van der Waals surface area contributed by atoms with Gasteiger partial charge in [0.05, 0.1) is 24.8 Å². The van der Waals surface area contributed by atoms with Crippen molar-refractivity contribution in [3.05, 3.63) is 48.5 Å². The van der Waals surface area contributed by atoms with Crippen LogP contribution in [-0.2, 0) is 14.8 Å². The largest absolute Gasteiger partial charge is 0.497 e. The van der Waals surface area contributed by atoms with Crippen molar-refractivity contribution in [1.82, 2.24) is 5.43 Å². The van der Waals surface area contributed by atoms with E-state index in [1.165, 1.54) is 32.4 Å². The van der Waals surface area contributed by atoms with Crippen LogP contribution >= 0.6 is 0 Å². The Kier molecular flexibility index (Phi) is 7.67. The molecule has 0 aliphatic rings. The van der Waals surface area contributed by atoms with E-state index in [-0.39, 0.29) is 21.7 Å². The van der Waals surface area contributed by atoms with Gasteiger partial charge in [0, 0.05) is 17.2 Å². The Morgan fingerprint density at radius 3 is 2.26 bits per heavy atom. The first-order chi connectivity index (χ1) is 14.5. The van der Waals surface area contributed by atoms with E-state index in [0.717, 1.165) is 4.31 Å². The molecule has 0 bridgehead atoms. The molecule has 0 unspecified atom stereocenters. The summed E-state index contributed by atoms with van der Waals surface area (Å²) in [5.41, 5.74) is 3.13. The Morgan fingerprint density at radius 1 is 1.06 bits per heavy atom. The van der Waals surface area contributed by atoms with E-state index in [2.05, 4.69) is 10.5 Å². The van der Waals surface area contributed by atoms with E-state index in [9.17, 15) is 13.2 Å². The van der Waals surface area contributed by atoms with Crippen molar-refractivity contribution in [3.8, 4) is 11.5 Å². The van der Waals surface area contributed by atoms with Crippen molar-refractivity contribution < 1.29 is 22.7 Å². The average molecular weight is 448 g/mol. The lowest BCUT2D eigenvalue weighted by molar-refractivity contribution is -0.119. The van der Waals surface area contributed by atoms with Gasteiger partial charge in [-0.3, -0.25) is 9.10 Å². The van der Waals surface area contributed by atoms with Gasteiger partial charge in [-0.15, -0.1) is 0 Å². The molecule has 2 aromatic carbocycles. The van der Waals surface area contributed by atoms with Gasteiger partial charge in [0.15, 0.2) is 0 Å². The van der Waals surface area contributed by atoms with Gasteiger partial charge in [0.25, 0.3) is 15.9 Å². The van der Waals surface area contributed by atoms with E-state index in [4.69, 9.17) is 9.47 Å². The highest BCUT2D eigenvalue weighted by Gasteiger charge is 2.29. The molecule has 0 heterocycles. The molecule has 0 saturated carbocycles. The van der Waals surface area contributed by atoms with Crippen LogP contribution in [0.3, 0.4) is 0 Å². The maximum atomic E-state index is 13.4. The number of hydrogen-bond acceptors (Lipinski definition) is 6. The molecule has 0 saturated heterocycles. The fraction of sp³-hybridized carbons (Fsp3) is 0.364. The number of nitrogens with zero attached hydrogens (tertiary/aromatic N) is 2. The number of hydrogen-bond donors (Lipinski definition) is 1. The van der Waals surface area contributed by atoms with Crippen molar-refractivity contribution >= 4 is 27.3 Å². The number of carbonyl (C=O) groups excluding carboxylic acids is 1. The summed E-state index contributed by atoms with van der Waals surface area (Å²) in [6.07, 6.45) is 0. The predicted octanol–water partition coefficient (Wildman–Crippen LogP) is 3.44. The van der Waals surface area contributed by atoms with Gasteiger partial charge < -0.3 is 9.47 Å². The van der Waals surface area contributed by atoms with Gasteiger partial charge in [-0.25, -0.2) is 13.8 Å². The van der Waals surface area contributed by atoms with E-state index >= 15 is 0 Å². The second-order valence-electron chi connectivity index (χ2n) is 7.84. The maximum Gasteiger partial charge on any atom is 0.264 e. The molecule has 0 aliphatic carbocycles. The van der Waals surface area contributed by atoms with Crippen LogP contribution in [0.2, 0.25) is 0 Å². The van der Waals surface area contributed by atoms with Gasteiger partial charge in [0.1, 0.15) is 18.0 Å². The second kappa shape index (κ2) is 9.82. The zero-order valence-electron chi connectivity index (χ0n) is 18.7. The topological polar surface area (TPSA) is 97.3 Å². The highest BCUT2D eigenvalue weighted by Crippen LogP contribution is 2.35. The summed E-state index contributed by atoms with van der Waals surface area (Å²) in [5.74, 6) is 0.162. The number of benzene rings is 2. The van der Waals surface area contributed by atoms with Crippen LogP contribution in [0.25, 0.3) is 0 Å². The Bertz CT molecular complexity index is 1040. The molecule has 2 rings (SSSR count). The number of amides is 1. The van der Waals surface area contributed by atoms with Gasteiger partial charge in [-0.05, 0) is 31.2 Å². The molecule has 1 amide bonds. The van der Waals surface area contributed by atoms with E-state index < -0.39 is 22.5 Å². The number of sulfonamides is 1. The highest BCUT2D eigenvalue weighted by atomic mass is 32.2. The van der Waals surface area contributed by atoms with Gasteiger partial charge >= 0.3 is 0 Å². The normalized spacial score (nSPS) is 12.3. The molecular formula is C22H29N3O5S. The average Bonchev–Trinajstić information content (AvgIpc) is 2.75. The molecule has 0 spiro atoms. The SMILES string of the molecule is COc1ccc(N(CC(=O)N/N=C(\C)C(C)(C)C)S(=O)(=O)c2ccccc2)c(OC)c1. The molecule has 8 nitrogen and oxygen atoms in total. The molecule has 1 N–H and O–H groups in total. The minimum absolute atomic E-state index is 0.0510. The second-order valence-corrected chi connectivity index (χ2v) is 9.71. The van der Waals surface area contributed by atoms with E-state index in [0.29, 0.717) is 11.5 Å². The lowest BCUT2D eigenvalue weighted by Gasteiger charge is -2.25. The highest BCUT2D eigenvalue weighted by molar-refractivity contribution is 7.92. The lowest BCUT2D eigenvalue weighted by Crippen LogP contribution is -2.40. The van der Waals surface area contributed by atoms with Gasteiger partial charge in [-0.2, -0.15) is 5.10 Å². The third-order valence-corrected chi connectivity index (χ3v) is 6.48. The number of carbonyl (C=O) groups is 1. The summed E-state index contributed by atoms with van der Waals surface area (Å²) in [4.78, 5) is 12.7. The molecule has 0 radical (unpaired) electrons. The number of hydrazone groups is 1. The quantitative estimate of drug-likeness (QED) is 0.494. The number of nitrogens with one attached hydrogen (secondary N) is 1. The van der Waals surface area contributed by atoms with Crippen molar-refractivity contribution in [1.29, 1.82) is 0 Å². The monoisotopic (exact) mass is 447 g/mol. The summed E-state index contributed by atoms with van der Waals surface area (Å²) in [6, 6.07) is 12.6. The van der Waals surface area contributed by atoms with Crippen LogP contribution in [-0.4, -0.2) is 40.8 Å². The summed E-state index contributed by atoms with van der Waals surface area (Å²) in [5, 5.41) is 4.11. The van der Waals surface area contributed by atoms with Crippen LogP contribution < -0.4 is 19.2 Å². The van der Waals surface area contributed by atoms with Crippen molar-refractivity contribution in [2.75, 3.05) is 25.1 Å². The number of anilines is 1. The smallest absolute Gasteiger partial charge is 0.264 e. The zero-order valence-corrected chi connectivity index (χ0v) is 19.5. The van der Waals surface area contributed by atoms with Crippen molar-refractivity contribution in [3.63, 3.8) is 0 Å². The summed E-state index contributed by atoms with van der Waals surface area (Å²) in [7, 11) is -1.15. The maximum absolute atomic E-state index is 13.4. The third-order valence-electron chi connectivity index (χ3n) is 4.71. The van der Waals surface area contributed by atoms with E-state index in [1.807, 2.05) is 20.8 Å². The molecule has 2 aromatic rings. The van der Waals surface area contributed by atoms with Crippen LogP contribution in [0, 0.1) is 5.41 Å². The molecular weight excluding hydrogens is 418 g/mol. The molecule has 0 fully saturated rings. The number of methoxy groups -OCH3 is 2. The summed E-state index contributed by atoms with van der Waals surface area (Å²) < 4.78 is 38.4. The number of rotatable bonds is 8. The van der Waals surface area contributed by atoms with Crippen LogP contribution in [0.15, 0.2) is 58.5 Å².